The summed E-state index contributed by atoms with van der Waals surface area (Å²) in [4.78, 5) is 12.9. The Labute approximate surface area is 183 Å². The molecule has 0 amide bonds. The minimum absolute atomic E-state index is 0. The van der Waals surface area contributed by atoms with Crippen LogP contribution in [0.3, 0.4) is 0 Å². The van der Waals surface area contributed by atoms with Crippen LogP contribution in [0.25, 0.3) is 0 Å². The van der Waals surface area contributed by atoms with Crippen molar-refractivity contribution in [1.82, 2.24) is 0 Å². The van der Waals surface area contributed by atoms with E-state index in [2.05, 4.69) is 63.2 Å². The summed E-state index contributed by atoms with van der Waals surface area (Å²) in [6.45, 7) is 10.3. The minimum Gasteiger partial charge on any atom is -0.314 e. The molecular weight excluding hydrogens is 395 g/mol. The average molecular weight is 425 g/mol. The van der Waals surface area contributed by atoms with Gasteiger partial charge in [-0.1, -0.05) is 48.0 Å². The monoisotopic (exact) mass is 425 g/mol. The third kappa shape index (κ3) is 5.34. The van der Waals surface area contributed by atoms with Gasteiger partial charge in [0.05, 0.1) is 13.1 Å². The zero-order valence-corrected chi connectivity index (χ0v) is 19.3. The molecule has 0 saturated carbocycles. The van der Waals surface area contributed by atoms with Gasteiger partial charge in [0.15, 0.2) is 5.78 Å². The Bertz CT molecular complexity index is 725. The Morgan fingerprint density at radius 2 is 1.54 bits per heavy atom. The average Bonchev–Trinajstić information content (AvgIpc) is 2.99. The van der Waals surface area contributed by atoms with Gasteiger partial charge in [-0.15, -0.1) is 0 Å². The maximum absolute atomic E-state index is 12.9. The fourth-order valence-electron chi connectivity index (χ4n) is 4.47. The number of carbonyl (C=O) groups is 1. The van der Waals surface area contributed by atoms with Crippen LogP contribution in [0.1, 0.15) is 40.7 Å². The Balaban J connectivity index is 0.00000243. The zero-order chi connectivity index (χ0) is 17.9. The predicted molar refractivity (Wildman–Crippen MR) is 104 cm³/mol. The minimum atomic E-state index is 0. The van der Waals surface area contributed by atoms with Crippen molar-refractivity contribution in [3.8, 4) is 0 Å². The molecule has 1 aliphatic rings. The molecule has 0 spiro atoms. The zero-order valence-electron chi connectivity index (χ0n) is 16.4. The number of aryl methyl sites for hydroxylation is 3. The van der Waals surface area contributed by atoms with Gasteiger partial charge in [-0.2, -0.15) is 0 Å². The summed E-state index contributed by atoms with van der Waals surface area (Å²) in [6.07, 6.45) is 3.05. The summed E-state index contributed by atoms with van der Waals surface area (Å²) < 4.78 is 0.937. The first-order valence-corrected chi connectivity index (χ1v) is 9.45. The number of Topliss-reactive ketones (excluding diaryl/α,β-unsaturated/α-hetero) is 1. The number of hydrogen-bond donors (Lipinski definition) is 0. The number of likely N-dealkylation sites (tertiary alicyclic amines) is 1. The summed E-state index contributed by atoms with van der Waals surface area (Å²) in [6, 6.07) is 15.0. The summed E-state index contributed by atoms with van der Waals surface area (Å²) in [5.41, 5.74) is 6.36. The van der Waals surface area contributed by atoms with E-state index in [1.165, 1.54) is 40.7 Å². The third-order valence-electron chi connectivity index (χ3n) is 5.60. The molecule has 0 N–H and O–H groups in total. The Morgan fingerprint density at radius 1 is 0.962 bits per heavy atom. The number of hydrogen-bond acceptors (Lipinski definition) is 1. The van der Waals surface area contributed by atoms with Gasteiger partial charge in [0.2, 0.25) is 0 Å². The van der Waals surface area contributed by atoms with Crippen molar-refractivity contribution in [2.24, 2.45) is 0 Å². The third-order valence-corrected chi connectivity index (χ3v) is 5.60. The topological polar surface area (TPSA) is 17.1 Å². The Morgan fingerprint density at radius 3 is 2.12 bits per heavy atom. The van der Waals surface area contributed by atoms with E-state index >= 15 is 0 Å². The standard InChI is InChI=1S/C23H30NO.Y/c1-18-13-19(2)23(20(3)14-18)15-22(25)17-24(11-7-8-12-24)16-21-9-5-4-6-10-21;/h4-6,9-10,13-14H,7-8,11-12,15-17H2,1-3H3;/q+1;. The molecule has 0 aliphatic carbocycles. The summed E-state index contributed by atoms with van der Waals surface area (Å²) in [7, 11) is 0. The quantitative estimate of drug-likeness (QED) is 0.622. The van der Waals surface area contributed by atoms with Crippen LogP contribution in [-0.2, 0) is 50.5 Å². The normalized spacial score (nSPS) is 15.5. The second-order valence-corrected chi connectivity index (χ2v) is 7.89. The van der Waals surface area contributed by atoms with E-state index in [4.69, 9.17) is 0 Å². The van der Waals surface area contributed by atoms with E-state index in [-0.39, 0.29) is 32.7 Å². The van der Waals surface area contributed by atoms with Gasteiger partial charge in [-0.25, -0.2) is 0 Å². The summed E-state index contributed by atoms with van der Waals surface area (Å²) in [5.74, 6) is 0.382. The van der Waals surface area contributed by atoms with Crippen LogP contribution in [0, 0.1) is 20.8 Å². The molecule has 26 heavy (non-hydrogen) atoms. The second-order valence-electron chi connectivity index (χ2n) is 7.89. The molecule has 0 atom stereocenters. The van der Waals surface area contributed by atoms with Crippen LogP contribution in [0.15, 0.2) is 42.5 Å². The molecule has 1 aliphatic heterocycles. The number of nitrogens with zero attached hydrogens (tertiary/aromatic N) is 1. The number of benzene rings is 2. The molecule has 0 aromatic heterocycles. The number of rotatable bonds is 6. The molecule has 1 saturated heterocycles. The molecule has 2 aromatic carbocycles. The van der Waals surface area contributed by atoms with Crippen molar-refractivity contribution in [2.75, 3.05) is 19.6 Å². The molecule has 1 radical (unpaired) electrons. The van der Waals surface area contributed by atoms with E-state index in [0.717, 1.165) is 24.1 Å². The predicted octanol–water partition coefficient (Wildman–Crippen LogP) is 4.53. The molecular formula is C23H30NOY+. The van der Waals surface area contributed by atoms with Crippen molar-refractivity contribution >= 4 is 5.78 Å². The summed E-state index contributed by atoms with van der Waals surface area (Å²) >= 11 is 0. The van der Waals surface area contributed by atoms with Gasteiger partial charge < -0.3 is 4.48 Å². The van der Waals surface area contributed by atoms with Crippen LogP contribution >= 0.6 is 0 Å². The number of ketones is 1. The van der Waals surface area contributed by atoms with E-state index in [0.29, 0.717) is 18.7 Å². The maximum atomic E-state index is 12.9. The van der Waals surface area contributed by atoms with Gasteiger partial charge in [-0.3, -0.25) is 4.79 Å². The smallest absolute Gasteiger partial charge is 0.191 e. The first kappa shape index (κ1) is 21.5. The van der Waals surface area contributed by atoms with Crippen molar-refractivity contribution in [1.29, 1.82) is 0 Å². The van der Waals surface area contributed by atoms with Gasteiger partial charge >= 0.3 is 0 Å². The number of quaternary nitrogens is 1. The maximum Gasteiger partial charge on any atom is 0.191 e. The molecule has 0 unspecified atom stereocenters. The molecule has 2 nitrogen and oxygen atoms in total. The first-order chi connectivity index (χ1) is 12.0. The van der Waals surface area contributed by atoms with Gasteiger partial charge in [0, 0.05) is 57.5 Å². The largest absolute Gasteiger partial charge is 0.314 e. The van der Waals surface area contributed by atoms with Crippen molar-refractivity contribution in [3.05, 3.63) is 70.3 Å². The SMILES string of the molecule is Cc1cc(C)c(CC(=O)C[N+]2(Cc3ccccc3)CCCC2)c(C)c1.[Y]. The van der Waals surface area contributed by atoms with E-state index < -0.39 is 0 Å². The second kappa shape index (κ2) is 9.39. The van der Waals surface area contributed by atoms with E-state index in [1.54, 1.807) is 0 Å². The van der Waals surface area contributed by atoms with Gasteiger partial charge in [0.1, 0.15) is 13.1 Å². The van der Waals surface area contributed by atoms with Crippen molar-refractivity contribution < 1.29 is 42.0 Å². The Kier molecular flexibility index (Phi) is 7.76. The molecule has 135 valence electrons. The van der Waals surface area contributed by atoms with Crippen molar-refractivity contribution in [3.63, 3.8) is 0 Å². The van der Waals surface area contributed by atoms with Crippen LogP contribution in [0.4, 0.5) is 0 Å². The Hall–Kier alpha value is -0.826. The molecule has 3 heteroatoms. The van der Waals surface area contributed by atoms with Crippen molar-refractivity contribution in [2.45, 2.75) is 46.6 Å². The van der Waals surface area contributed by atoms with Crippen LogP contribution in [0.5, 0.6) is 0 Å². The molecule has 1 fully saturated rings. The number of carbonyl (C=O) groups excluding carboxylic acids is 1. The summed E-state index contributed by atoms with van der Waals surface area (Å²) in [5, 5.41) is 0. The fraction of sp³-hybridized carbons (Fsp3) is 0.435. The van der Waals surface area contributed by atoms with Crippen LogP contribution < -0.4 is 0 Å². The van der Waals surface area contributed by atoms with Crippen LogP contribution in [0.2, 0.25) is 0 Å². The molecule has 3 rings (SSSR count). The van der Waals surface area contributed by atoms with Gasteiger partial charge in [0.25, 0.3) is 0 Å². The van der Waals surface area contributed by atoms with E-state index in [1.807, 2.05) is 0 Å². The molecule has 2 aromatic rings. The first-order valence-electron chi connectivity index (χ1n) is 9.45. The molecule has 0 bridgehead atoms. The molecule has 1 heterocycles. The van der Waals surface area contributed by atoms with E-state index in [9.17, 15) is 4.79 Å². The van der Waals surface area contributed by atoms with Gasteiger partial charge in [-0.05, 0) is 37.5 Å². The fourth-order valence-corrected chi connectivity index (χ4v) is 4.47. The van der Waals surface area contributed by atoms with Crippen LogP contribution in [-0.4, -0.2) is 29.9 Å².